The third kappa shape index (κ3) is 4.24. The summed E-state index contributed by atoms with van der Waals surface area (Å²) in [6, 6.07) is 12.4. The molecule has 1 aromatic carbocycles. The molecule has 6 nitrogen and oxygen atoms in total. The van der Waals surface area contributed by atoms with Crippen LogP contribution in [-0.4, -0.2) is 22.4 Å². The molecule has 0 aliphatic heterocycles. The van der Waals surface area contributed by atoms with E-state index < -0.39 is 0 Å². The zero-order chi connectivity index (χ0) is 14.2. The Bertz CT molecular complexity index is 610. The van der Waals surface area contributed by atoms with E-state index in [1.54, 1.807) is 6.07 Å². The van der Waals surface area contributed by atoms with E-state index in [4.69, 9.17) is 0 Å². The summed E-state index contributed by atoms with van der Waals surface area (Å²) in [6.07, 6.45) is 1.54. The maximum absolute atomic E-state index is 11.6. The quantitative estimate of drug-likeness (QED) is 0.843. The van der Waals surface area contributed by atoms with Crippen LogP contribution in [0.25, 0.3) is 0 Å². The molecule has 2 rings (SSSR count). The third-order valence-corrected chi connectivity index (χ3v) is 2.69. The van der Waals surface area contributed by atoms with Crippen LogP contribution >= 0.6 is 0 Å². The van der Waals surface area contributed by atoms with Crippen LogP contribution < -0.4 is 16.2 Å². The first-order valence-corrected chi connectivity index (χ1v) is 6.33. The lowest BCUT2D eigenvalue weighted by atomic mass is 10.2. The molecule has 2 amide bonds. The SMILES string of the molecule is O=C(NCCn1ncccc1=O)NCc1ccccc1. The van der Waals surface area contributed by atoms with Crippen LogP contribution in [0.2, 0.25) is 0 Å². The minimum atomic E-state index is -0.266. The predicted octanol–water partition coefficient (Wildman–Crippen LogP) is 0.743. The molecule has 0 atom stereocenters. The Hall–Kier alpha value is -2.63. The molecule has 1 heterocycles. The van der Waals surface area contributed by atoms with Gasteiger partial charge in [-0.05, 0) is 11.6 Å². The van der Waals surface area contributed by atoms with Crippen molar-refractivity contribution >= 4 is 6.03 Å². The Morgan fingerprint density at radius 2 is 1.90 bits per heavy atom. The van der Waals surface area contributed by atoms with Gasteiger partial charge in [0.2, 0.25) is 0 Å². The zero-order valence-corrected chi connectivity index (χ0v) is 11.0. The van der Waals surface area contributed by atoms with Gasteiger partial charge in [0.1, 0.15) is 0 Å². The number of urea groups is 1. The summed E-state index contributed by atoms with van der Waals surface area (Å²) in [5.74, 6) is 0. The van der Waals surface area contributed by atoms with E-state index in [0.29, 0.717) is 19.6 Å². The summed E-state index contributed by atoms with van der Waals surface area (Å²) in [5, 5.41) is 9.32. The topological polar surface area (TPSA) is 76.0 Å². The number of carbonyl (C=O) groups excluding carboxylic acids is 1. The van der Waals surface area contributed by atoms with Gasteiger partial charge >= 0.3 is 6.03 Å². The van der Waals surface area contributed by atoms with Crippen LogP contribution in [-0.2, 0) is 13.1 Å². The van der Waals surface area contributed by atoms with Crippen LogP contribution in [0.4, 0.5) is 4.79 Å². The van der Waals surface area contributed by atoms with E-state index >= 15 is 0 Å². The second kappa shape index (κ2) is 7.08. The third-order valence-electron chi connectivity index (χ3n) is 2.69. The van der Waals surface area contributed by atoms with Crippen molar-refractivity contribution in [2.24, 2.45) is 0 Å². The number of amides is 2. The summed E-state index contributed by atoms with van der Waals surface area (Å²) >= 11 is 0. The second-order valence-electron chi connectivity index (χ2n) is 4.18. The Kier molecular flexibility index (Phi) is 4.88. The molecule has 0 fully saturated rings. The van der Waals surface area contributed by atoms with Gasteiger partial charge in [-0.3, -0.25) is 4.79 Å². The van der Waals surface area contributed by atoms with E-state index in [1.165, 1.54) is 16.9 Å². The molecule has 0 saturated carbocycles. The molecule has 104 valence electrons. The number of benzene rings is 1. The van der Waals surface area contributed by atoms with Crippen molar-refractivity contribution in [3.05, 3.63) is 64.6 Å². The van der Waals surface area contributed by atoms with Crippen molar-refractivity contribution in [2.75, 3.05) is 6.54 Å². The minimum Gasteiger partial charge on any atom is -0.336 e. The fraction of sp³-hybridized carbons (Fsp3) is 0.214. The van der Waals surface area contributed by atoms with Crippen molar-refractivity contribution in [3.8, 4) is 0 Å². The van der Waals surface area contributed by atoms with Gasteiger partial charge < -0.3 is 10.6 Å². The summed E-state index contributed by atoms with van der Waals surface area (Å²) in [5.41, 5.74) is 0.850. The average Bonchev–Trinajstić information content (AvgIpc) is 2.48. The van der Waals surface area contributed by atoms with Gasteiger partial charge in [-0.2, -0.15) is 5.10 Å². The molecule has 0 unspecified atom stereocenters. The van der Waals surface area contributed by atoms with Crippen LogP contribution in [0.5, 0.6) is 0 Å². The van der Waals surface area contributed by atoms with Crippen molar-refractivity contribution < 1.29 is 4.79 Å². The average molecular weight is 272 g/mol. The first-order valence-electron chi connectivity index (χ1n) is 6.33. The van der Waals surface area contributed by atoms with Gasteiger partial charge in [0, 0.05) is 25.4 Å². The maximum atomic E-state index is 11.6. The predicted molar refractivity (Wildman–Crippen MR) is 75.2 cm³/mol. The number of rotatable bonds is 5. The summed E-state index contributed by atoms with van der Waals surface area (Å²) < 4.78 is 1.30. The molecular formula is C14H16N4O2. The molecule has 6 heteroatoms. The summed E-state index contributed by atoms with van der Waals surface area (Å²) in [4.78, 5) is 22.9. The van der Waals surface area contributed by atoms with E-state index in [2.05, 4.69) is 15.7 Å². The van der Waals surface area contributed by atoms with Crippen LogP contribution in [0.15, 0.2) is 53.5 Å². The van der Waals surface area contributed by atoms with E-state index in [1.807, 2.05) is 30.3 Å². The number of nitrogens with zero attached hydrogens (tertiary/aromatic N) is 2. The van der Waals surface area contributed by atoms with E-state index in [0.717, 1.165) is 5.56 Å². The lowest BCUT2D eigenvalue weighted by molar-refractivity contribution is 0.240. The molecule has 1 aromatic heterocycles. The molecule has 0 bridgehead atoms. The molecule has 0 aliphatic carbocycles. The highest BCUT2D eigenvalue weighted by Crippen LogP contribution is 1.96. The first kappa shape index (κ1) is 13.8. The Morgan fingerprint density at radius 3 is 2.65 bits per heavy atom. The molecule has 0 spiro atoms. The lowest BCUT2D eigenvalue weighted by Gasteiger charge is -2.08. The van der Waals surface area contributed by atoms with Gasteiger partial charge in [-0.15, -0.1) is 0 Å². The van der Waals surface area contributed by atoms with E-state index in [-0.39, 0.29) is 11.6 Å². The second-order valence-corrected chi connectivity index (χ2v) is 4.18. The minimum absolute atomic E-state index is 0.181. The normalized spacial score (nSPS) is 10.0. The molecule has 0 saturated heterocycles. The van der Waals surface area contributed by atoms with E-state index in [9.17, 15) is 9.59 Å². The number of nitrogens with one attached hydrogen (secondary N) is 2. The fourth-order valence-corrected chi connectivity index (χ4v) is 1.67. The van der Waals surface area contributed by atoms with Gasteiger partial charge in [0.15, 0.2) is 0 Å². The highest BCUT2D eigenvalue weighted by atomic mass is 16.2. The fourth-order valence-electron chi connectivity index (χ4n) is 1.67. The maximum Gasteiger partial charge on any atom is 0.315 e. The largest absolute Gasteiger partial charge is 0.336 e. The molecule has 2 N–H and O–H groups in total. The highest BCUT2D eigenvalue weighted by molar-refractivity contribution is 5.73. The highest BCUT2D eigenvalue weighted by Gasteiger charge is 2.00. The molecule has 0 aliphatic rings. The van der Waals surface area contributed by atoms with Gasteiger partial charge in [-0.1, -0.05) is 30.3 Å². The Balaban J connectivity index is 1.71. The number of carbonyl (C=O) groups is 1. The molecular weight excluding hydrogens is 256 g/mol. The number of hydrogen-bond acceptors (Lipinski definition) is 3. The van der Waals surface area contributed by atoms with Crippen LogP contribution in [0, 0.1) is 0 Å². The zero-order valence-electron chi connectivity index (χ0n) is 11.0. The van der Waals surface area contributed by atoms with Gasteiger partial charge in [-0.25, -0.2) is 9.48 Å². The number of aromatic nitrogens is 2. The van der Waals surface area contributed by atoms with Crippen molar-refractivity contribution in [3.63, 3.8) is 0 Å². The monoisotopic (exact) mass is 272 g/mol. The van der Waals surface area contributed by atoms with Gasteiger partial charge in [0.25, 0.3) is 5.56 Å². The lowest BCUT2D eigenvalue weighted by Crippen LogP contribution is -2.38. The summed E-state index contributed by atoms with van der Waals surface area (Å²) in [6.45, 7) is 1.16. The van der Waals surface area contributed by atoms with Crippen molar-refractivity contribution in [1.29, 1.82) is 0 Å². The van der Waals surface area contributed by atoms with Gasteiger partial charge in [0.05, 0.1) is 6.54 Å². The standard InChI is InChI=1S/C14H16N4O2/c19-13-7-4-8-17-18(13)10-9-15-14(20)16-11-12-5-2-1-3-6-12/h1-8H,9-11H2,(H2,15,16,20). The van der Waals surface area contributed by atoms with Crippen LogP contribution in [0.3, 0.4) is 0 Å². The summed E-state index contributed by atoms with van der Waals surface area (Å²) in [7, 11) is 0. The smallest absolute Gasteiger partial charge is 0.315 e. The first-order chi connectivity index (χ1) is 9.75. The van der Waals surface area contributed by atoms with Crippen molar-refractivity contribution in [1.82, 2.24) is 20.4 Å². The Morgan fingerprint density at radius 1 is 1.10 bits per heavy atom. The molecule has 20 heavy (non-hydrogen) atoms. The number of hydrogen-bond donors (Lipinski definition) is 2. The Labute approximate surface area is 116 Å². The van der Waals surface area contributed by atoms with Crippen LogP contribution in [0.1, 0.15) is 5.56 Å². The van der Waals surface area contributed by atoms with Crippen molar-refractivity contribution in [2.45, 2.75) is 13.1 Å². The molecule has 2 aromatic rings. The molecule has 0 radical (unpaired) electrons.